The Morgan fingerprint density at radius 1 is 1.00 bits per heavy atom. The number of rotatable bonds is 5. The van der Waals surface area contributed by atoms with Crippen LogP contribution < -0.4 is 10.2 Å². The maximum Gasteiger partial charge on any atom is 0.495 e. The summed E-state index contributed by atoms with van der Waals surface area (Å²) in [5.74, 6) is 0.732. The lowest BCUT2D eigenvalue weighted by Gasteiger charge is -2.32. The van der Waals surface area contributed by atoms with Crippen molar-refractivity contribution >= 4 is 18.9 Å². The number of carbonyl (C=O) groups is 1. The van der Waals surface area contributed by atoms with Crippen molar-refractivity contribution in [3.05, 3.63) is 59.2 Å². The minimum Gasteiger partial charge on any atom is -0.489 e. The van der Waals surface area contributed by atoms with Gasteiger partial charge in [0, 0.05) is 5.56 Å². The molecule has 0 aromatic heterocycles. The number of ether oxygens (including phenoxy) is 1. The summed E-state index contributed by atoms with van der Waals surface area (Å²) in [5.41, 5.74) is 3.12. The van der Waals surface area contributed by atoms with Crippen molar-refractivity contribution in [3.8, 4) is 5.75 Å². The van der Waals surface area contributed by atoms with E-state index in [1.807, 2.05) is 18.2 Å². The first-order valence-corrected chi connectivity index (χ1v) is 8.85. The fourth-order valence-corrected chi connectivity index (χ4v) is 2.89. The Morgan fingerprint density at radius 2 is 1.62 bits per heavy atom. The van der Waals surface area contributed by atoms with Crippen molar-refractivity contribution in [1.82, 2.24) is 0 Å². The molecule has 1 aliphatic rings. The molecular weight excluding hydrogens is 327 g/mol. The third-order valence-corrected chi connectivity index (χ3v) is 5.41. The van der Waals surface area contributed by atoms with Crippen LogP contribution >= 0.6 is 0 Å². The Morgan fingerprint density at radius 3 is 2.19 bits per heavy atom. The van der Waals surface area contributed by atoms with Crippen LogP contribution in [-0.2, 0) is 15.9 Å². The van der Waals surface area contributed by atoms with Gasteiger partial charge in [-0.3, -0.25) is 4.79 Å². The van der Waals surface area contributed by atoms with Gasteiger partial charge in [0.1, 0.15) is 18.6 Å². The topological polar surface area (TPSA) is 44.8 Å². The van der Waals surface area contributed by atoms with Gasteiger partial charge in [0.15, 0.2) is 0 Å². The first-order valence-electron chi connectivity index (χ1n) is 8.85. The van der Waals surface area contributed by atoms with Crippen LogP contribution in [0.2, 0.25) is 0 Å². The van der Waals surface area contributed by atoms with Crippen molar-refractivity contribution in [2.24, 2.45) is 0 Å². The number of hydrogen-bond acceptors (Lipinski definition) is 4. The molecule has 0 aliphatic carbocycles. The SMILES string of the molecule is Cc1c(COc2ccc(C=O)cc2)cccc1B1OC(C)(C)C(C)(C)O1. The molecule has 0 spiro atoms. The molecule has 0 N–H and O–H groups in total. The third-order valence-electron chi connectivity index (χ3n) is 5.41. The number of carbonyl (C=O) groups excluding carboxylic acids is 1. The second-order valence-corrected chi connectivity index (χ2v) is 7.70. The Bertz CT molecular complexity index is 780. The molecule has 0 radical (unpaired) electrons. The van der Waals surface area contributed by atoms with Crippen LogP contribution in [0, 0.1) is 6.92 Å². The molecule has 0 amide bonds. The zero-order chi connectivity index (χ0) is 18.9. The standard InChI is InChI=1S/C21H25BO4/c1-15-17(14-24-18-11-9-16(13-23)10-12-18)7-6-8-19(15)22-25-20(2,3)21(4,5)26-22/h6-13H,14H2,1-5H3. The zero-order valence-corrected chi connectivity index (χ0v) is 16.0. The molecule has 2 aromatic carbocycles. The van der Waals surface area contributed by atoms with E-state index in [4.69, 9.17) is 14.0 Å². The molecule has 26 heavy (non-hydrogen) atoms. The van der Waals surface area contributed by atoms with Gasteiger partial charge in [-0.25, -0.2) is 0 Å². The average Bonchev–Trinajstić information content (AvgIpc) is 2.82. The van der Waals surface area contributed by atoms with E-state index in [0.29, 0.717) is 12.2 Å². The van der Waals surface area contributed by atoms with E-state index >= 15 is 0 Å². The molecule has 2 aromatic rings. The number of benzene rings is 2. The zero-order valence-electron chi connectivity index (χ0n) is 16.0. The van der Waals surface area contributed by atoms with Gasteiger partial charge in [0.05, 0.1) is 11.2 Å². The van der Waals surface area contributed by atoms with Crippen LogP contribution in [0.1, 0.15) is 49.2 Å². The highest BCUT2D eigenvalue weighted by molar-refractivity contribution is 6.62. The smallest absolute Gasteiger partial charge is 0.489 e. The van der Waals surface area contributed by atoms with E-state index in [1.165, 1.54) is 0 Å². The van der Waals surface area contributed by atoms with E-state index in [0.717, 1.165) is 28.6 Å². The lowest BCUT2D eigenvalue weighted by Crippen LogP contribution is -2.41. The summed E-state index contributed by atoms with van der Waals surface area (Å²) < 4.78 is 18.2. The van der Waals surface area contributed by atoms with E-state index in [9.17, 15) is 4.79 Å². The van der Waals surface area contributed by atoms with Gasteiger partial charge in [-0.05, 0) is 75.5 Å². The summed E-state index contributed by atoms with van der Waals surface area (Å²) in [6.45, 7) is 10.7. The molecular formula is C21H25BO4. The first-order chi connectivity index (χ1) is 12.2. The molecule has 136 valence electrons. The molecule has 1 saturated heterocycles. The van der Waals surface area contributed by atoms with Crippen LogP contribution in [0.25, 0.3) is 0 Å². The lowest BCUT2D eigenvalue weighted by atomic mass is 9.75. The molecule has 0 unspecified atom stereocenters. The second-order valence-electron chi connectivity index (χ2n) is 7.70. The van der Waals surface area contributed by atoms with Gasteiger partial charge in [-0.1, -0.05) is 18.2 Å². The molecule has 4 nitrogen and oxygen atoms in total. The van der Waals surface area contributed by atoms with Crippen molar-refractivity contribution in [2.75, 3.05) is 0 Å². The minimum atomic E-state index is -0.383. The molecule has 1 fully saturated rings. The fourth-order valence-electron chi connectivity index (χ4n) is 2.89. The summed E-state index contributed by atoms with van der Waals surface area (Å²) >= 11 is 0. The quantitative estimate of drug-likeness (QED) is 0.608. The van der Waals surface area contributed by atoms with Gasteiger partial charge in [-0.15, -0.1) is 0 Å². The van der Waals surface area contributed by atoms with Crippen molar-refractivity contribution in [2.45, 2.75) is 52.4 Å². The fraction of sp³-hybridized carbons (Fsp3) is 0.381. The largest absolute Gasteiger partial charge is 0.495 e. The summed E-state index contributed by atoms with van der Waals surface area (Å²) in [6.07, 6.45) is 0.821. The van der Waals surface area contributed by atoms with E-state index in [1.54, 1.807) is 24.3 Å². The van der Waals surface area contributed by atoms with Crippen LogP contribution in [0.4, 0.5) is 0 Å². The van der Waals surface area contributed by atoms with Gasteiger partial charge in [0.25, 0.3) is 0 Å². The number of aldehydes is 1. The van der Waals surface area contributed by atoms with E-state index < -0.39 is 0 Å². The van der Waals surface area contributed by atoms with Crippen molar-refractivity contribution < 1.29 is 18.8 Å². The Hall–Kier alpha value is -2.11. The van der Waals surface area contributed by atoms with Gasteiger partial charge in [0.2, 0.25) is 0 Å². The summed E-state index contributed by atoms with van der Waals surface area (Å²) in [7, 11) is -0.383. The molecule has 0 bridgehead atoms. The average molecular weight is 352 g/mol. The van der Waals surface area contributed by atoms with Gasteiger partial charge >= 0.3 is 7.12 Å². The Balaban J connectivity index is 1.76. The van der Waals surface area contributed by atoms with Crippen LogP contribution in [0.15, 0.2) is 42.5 Å². The molecule has 0 saturated carbocycles. The van der Waals surface area contributed by atoms with Crippen LogP contribution in [-0.4, -0.2) is 24.6 Å². The summed E-state index contributed by atoms with van der Waals surface area (Å²) in [4.78, 5) is 10.7. The van der Waals surface area contributed by atoms with Crippen LogP contribution in [0.5, 0.6) is 5.75 Å². The lowest BCUT2D eigenvalue weighted by molar-refractivity contribution is 0.00578. The highest BCUT2D eigenvalue weighted by Gasteiger charge is 2.52. The highest BCUT2D eigenvalue weighted by Crippen LogP contribution is 2.36. The van der Waals surface area contributed by atoms with Crippen LogP contribution in [0.3, 0.4) is 0 Å². The molecule has 1 heterocycles. The molecule has 0 atom stereocenters. The molecule has 1 aliphatic heterocycles. The normalized spacial score (nSPS) is 18.0. The monoisotopic (exact) mass is 352 g/mol. The van der Waals surface area contributed by atoms with Gasteiger partial charge in [-0.2, -0.15) is 0 Å². The first kappa shape index (κ1) is 18.7. The third kappa shape index (κ3) is 3.55. The maximum atomic E-state index is 10.7. The second kappa shape index (κ2) is 6.90. The predicted octanol–water partition coefficient (Wildman–Crippen LogP) is 3.69. The highest BCUT2D eigenvalue weighted by atomic mass is 16.7. The van der Waals surface area contributed by atoms with E-state index in [2.05, 4.69) is 34.6 Å². The Labute approximate surface area is 155 Å². The molecule has 5 heteroatoms. The summed E-state index contributed by atoms with van der Waals surface area (Å²) in [5, 5.41) is 0. The summed E-state index contributed by atoms with van der Waals surface area (Å²) in [6, 6.07) is 13.2. The minimum absolute atomic E-state index is 0.364. The van der Waals surface area contributed by atoms with Gasteiger partial charge < -0.3 is 14.0 Å². The molecule has 3 rings (SSSR count). The van der Waals surface area contributed by atoms with E-state index in [-0.39, 0.29) is 18.3 Å². The Kier molecular flexibility index (Phi) is 4.95. The van der Waals surface area contributed by atoms with Crippen molar-refractivity contribution in [1.29, 1.82) is 0 Å². The van der Waals surface area contributed by atoms with Crippen molar-refractivity contribution in [3.63, 3.8) is 0 Å². The number of hydrogen-bond donors (Lipinski definition) is 0. The maximum absolute atomic E-state index is 10.7. The predicted molar refractivity (Wildman–Crippen MR) is 103 cm³/mol.